The van der Waals surface area contributed by atoms with Crippen molar-refractivity contribution in [2.24, 2.45) is 0 Å². The van der Waals surface area contributed by atoms with Crippen LogP contribution in [-0.4, -0.2) is 9.78 Å². The van der Waals surface area contributed by atoms with E-state index in [0.717, 1.165) is 6.54 Å². The van der Waals surface area contributed by atoms with Crippen LogP contribution in [0.25, 0.3) is 0 Å². The third-order valence-electron chi connectivity index (χ3n) is 1.34. The van der Waals surface area contributed by atoms with E-state index in [1.807, 2.05) is 10.9 Å². The molecule has 0 N–H and O–H groups in total. The lowest BCUT2D eigenvalue weighted by Crippen LogP contribution is -1.98. The van der Waals surface area contributed by atoms with Gasteiger partial charge < -0.3 is 0 Å². The third-order valence-corrected chi connectivity index (χ3v) is 2.40. The molecule has 3 heteroatoms. The van der Waals surface area contributed by atoms with Gasteiger partial charge in [0.2, 0.25) is 0 Å². The molecule has 0 aliphatic rings. The Morgan fingerprint density at radius 1 is 1.78 bits per heavy atom. The normalized spacial score (nSPS) is 10.1. The zero-order valence-corrected chi connectivity index (χ0v) is 7.71. The molecular formula is C6H9IN2. The summed E-state index contributed by atoms with van der Waals surface area (Å²) >= 11 is 2.29. The van der Waals surface area contributed by atoms with Gasteiger partial charge in [-0.3, -0.25) is 4.68 Å². The number of halogens is 1. The van der Waals surface area contributed by atoms with Crippen molar-refractivity contribution < 1.29 is 0 Å². The minimum absolute atomic E-state index is 0.967. The minimum Gasteiger partial charge on any atom is -0.269 e. The van der Waals surface area contributed by atoms with Crippen LogP contribution in [0.4, 0.5) is 0 Å². The van der Waals surface area contributed by atoms with E-state index in [-0.39, 0.29) is 0 Å². The molecule has 1 aromatic heterocycles. The van der Waals surface area contributed by atoms with Crippen LogP contribution in [0.15, 0.2) is 6.20 Å². The smallest absolute Gasteiger partial charge is 0.0626 e. The number of aromatic nitrogens is 2. The summed E-state index contributed by atoms with van der Waals surface area (Å²) in [4.78, 5) is 0. The van der Waals surface area contributed by atoms with Crippen molar-refractivity contribution in [3.05, 3.63) is 15.5 Å². The average Bonchev–Trinajstić information content (AvgIpc) is 2.15. The maximum Gasteiger partial charge on any atom is 0.0626 e. The first kappa shape index (κ1) is 7.05. The van der Waals surface area contributed by atoms with Gasteiger partial charge in [0.15, 0.2) is 0 Å². The number of nitrogens with zero attached hydrogens (tertiary/aromatic N) is 2. The number of rotatable bonds is 1. The first-order chi connectivity index (χ1) is 4.25. The number of hydrogen-bond acceptors (Lipinski definition) is 1. The van der Waals surface area contributed by atoms with Gasteiger partial charge in [0.25, 0.3) is 0 Å². The maximum absolute atomic E-state index is 4.14. The van der Waals surface area contributed by atoms with E-state index in [9.17, 15) is 0 Å². The lowest BCUT2D eigenvalue weighted by Gasteiger charge is -1.96. The molecule has 0 bridgehead atoms. The summed E-state index contributed by atoms with van der Waals surface area (Å²) in [6.07, 6.45) is 1.89. The first-order valence-corrected chi connectivity index (χ1v) is 4.01. The molecule has 0 fully saturated rings. The molecular weight excluding hydrogens is 227 g/mol. The predicted octanol–water partition coefficient (Wildman–Crippen LogP) is 1.82. The van der Waals surface area contributed by atoms with Gasteiger partial charge in [0.1, 0.15) is 0 Å². The van der Waals surface area contributed by atoms with Crippen LogP contribution >= 0.6 is 22.6 Å². The second kappa shape index (κ2) is 2.68. The molecule has 0 aliphatic carbocycles. The van der Waals surface area contributed by atoms with Crippen molar-refractivity contribution in [3.8, 4) is 0 Å². The topological polar surface area (TPSA) is 17.8 Å². The summed E-state index contributed by atoms with van der Waals surface area (Å²) in [6, 6.07) is 0. The molecule has 1 heterocycles. The van der Waals surface area contributed by atoms with Gasteiger partial charge in [-0.05, 0) is 36.4 Å². The Hall–Kier alpha value is -0.0600. The van der Waals surface area contributed by atoms with E-state index in [0.29, 0.717) is 0 Å². The SMILES string of the molecule is CCn1ncc(I)c1C. The molecule has 0 aliphatic heterocycles. The Morgan fingerprint density at radius 3 is 2.67 bits per heavy atom. The molecule has 1 aromatic rings. The maximum atomic E-state index is 4.14. The summed E-state index contributed by atoms with van der Waals surface area (Å²) < 4.78 is 3.23. The standard InChI is InChI=1S/C6H9IN2/c1-3-9-5(2)6(7)4-8-9/h4H,3H2,1-2H3. The highest BCUT2D eigenvalue weighted by Gasteiger charge is 1.98. The Bertz CT molecular complexity index is 205. The highest BCUT2D eigenvalue weighted by Crippen LogP contribution is 2.08. The lowest BCUT2D eigenvalue weighted by molar-refractivity contribution is 0.639. The lowest BCUT2D eigenvalue weighted by atomic mass is 10.5. The van der Waals surface area contributed by atoms with E-state index in [4.69, 9.17) is 0 Å². The van der Waals surface area contributed by atoms with E-state index in [1.54, 1.807) is 0 Å². The van der Waals surface area contributed by atoms with Crippen LogP contribution in [0.1, 0.15) is 12.6 Å². The van der Waals surface area contributed by atoms with E-state index in [1.165, 1.54) is 9.26 Å². The Kier molecular flexibility index (Phi) is 2.10. The minimum atomic E-state index is 0.967. The first-order valence-electron chi connectivity index (χ1n) is 2.93. The van der Waals surface area contributed by atoms with Gasteiger partial charge in [-0.1, -0.05) is 0 Å². The molecule has 9 heavy (non-hydrogen) atoms. The van der Waals surface area contributed by atoms with Crippen molar-refractivity contribution in [1.29, 1.82) is 0 Å². The van der Waals surface area contributed by atoms with Crippen molar-refractivity contribution >= 4 is 22.6 Å². The van der Waals surface area contributed by atoms with Gasteiger partial charge >= 0.3 is 0 Å². The molecule has 50 valence electrons. The molecule has 0 amide bonds. The summed E-state index contributed by atoms with van der Waals surface area (Å²) in [5.41, 5.74) is 1.26. The van der Waals surface area contributed by atoms with Crippen molar-refractivity contribution in [2.75, 3.05) is 0 Å². The monoisotopic (exact) mass is 236 g/mol. The Morgan fingerprint density at radius 2 is 2.44 bits per heavy atom. The zero-order valence-electron chi connectivity index (χ0n) is 5.56. The quantitative estimate of drug-likeness (QED) is 0.680. The van der Waals surface area contributed by atoms with Gasteiger partial charge in [0.05, 0.1) is 9.77 Å². The molecule has 1 rings (SSSR count). The van der Waals surface area contributed by atoms with Crippen LogP contribution in [0, 0.1) is 10.5 Å². The highest BCUT2D eigenvalue weighted by atomic mass is 127. The van der Waals surface area contributed by atoms with Crippen molar-refractivity contribution in [2.45, 2.75) is 20.4 Å². The van der Waals surface area contributed by atoms with Gasteiger partial charge in [0, 0.05) is 12.2 Å². The molecule has 2 nitrogen and oxygen atoms in total. The Labute approximate surface area is 68.4 Å². The largest absolute Gasteiger partial charge is 0.269 e. The van der Waals surface area contributed by atoms with E-state index in [2.05, 4.69) is 41.5 Å². The summed E-state index contributed by atoms with van der Waals surface area (Å²) in [7, 11) is 0. The van der Waals surface area contributed by atoms with Crippen LogP contribution in [0.2, 0.25) is 0 Å². The second-order valence-electron chi connectivity index (χ2n) is 1.89. The average molecular weight is 236 g/mol. The highest BCUT2D eigenvalue weighted by molar-refractivity contribution is 14.1. The van der Waals surface area contributed by atoms with Crippen LogP contribution in [0.3, 0.4) is 0 Å². The summed E-state index contributed by atoms with van der Waals surface area (Å²) in [5, 5.41) is 4.14. The summed E-state index contributed by atoms with van der Waals surface area (Å²) in [6.45, 7) is 5.14. The van der Waals surface area contributed by atoms with Gasteiger partial charge in [-0.25, -0.2) is 0 Å². The zero-order chi connectivity index (χ0) is 6.85. The third kappa shape index (κ3) is 1.26. The molecule has 0 spiro atoms. The molecule has 0 aromatic carbocycles. The Balaban J connectivity index is 3.04. The predicted molar refractivity (Wildman–Crippen MR) is 45.4 cm³/mol. The van der Waals surface area contributed by atoms with Gasteiger partial charge in [-0.2, -0.15) is 5.10 Å². The van der Waals surface area contributed by atoms with Crippen molar-refractivity contribution in [1.82, 2.24) is 9.78 Å². The van der Waals surface area contributed by atoms with Crippen molar-refractivity contribution in [3.63, 3.8) is 0 Å². The van der Waals surface area contributed by atoms with Crippen LogP contribution < -0.4 is 0 Å². The van der Waals surface area contributed by atoms with Crippen LogP contribution in [-0.2, 0) is 6.54 Å². The fourth-order valence-corrected chi connectivity index (χ4v) is 1.15. The molecule has 0 radical (unpaired) electrons. The van der Waals surface area contributed by atoms with Gasteiger partial charge in [-0.15, -0.1) is 0 Å². The number of aryl methyl sites for hydroxylation is 1. The second-order valence-corrected chi connectivity index (χ2v) is 3.06. The van der Waals surface area contributed by atoms with E-state index < -0.39 is 0 Å². The molecule has 0 atom stereocenters. The fraction of sp³-hybridized carbons (Fsp3) is 0.500. The summed E-state index contributed by atoms with van der Waals surface area (Å²) in [5.74, 6) is 0. The number of hydrogen-bond donors (Lipinski definition) is 0. The molecule has 0 saturated carbocycles. The molecule has 0 saturated heterocycles. The van der Waals surface area contributed by atoms with Crippen LogP contribution in [0.5, 0.6) is 0 Å². The van der Waals surface area contributed by atoms with E-state index >= 15 is 0 Å². The molecule has 0 unspecified atom stereocenters. The fourth-order valence-electron chi connectivity index (χ4n) is 0.743.